The van der Waals surface area contributed by atoms with Crippen LogP contribution in [0.4, 0.5) is 11.5 Å². The van der Waals surface area contributed by atoms with E-state index in [1.54, 1.807) is 12.5 Å². The Morgan fingerprint density at radius 1 is 0.870 bits per heavy atom. The van der Waals surface area contributed by atoms with E-state index < -0.39 is 0 Å². The topological polar surface area (TPSA) is 46.8 Å². The minimum atomic E-state index is 0.781. The molecule has 0 N–H and O–H groups in total. The van der Waals surface area contributed by atoms with Gasteiger partial charge in [-0.25, -0.2) is 4.98 Å². The van der Waals surface area contributed by atoms with Gasteiger partial charge in [-0.3, -0.25) is 4.57 Å². The normalized spacial score (nSPS) is 10.8. The number of anilines is 2. The molecule has 4 rings (SSSR count). The number of rotatable bonds is 3. The largest absolute Gasteiger partial charge is 0.327 e. The van der Waals surface area contributed by atoms with Gasteiger partial charge in [-0.2, -0.15) is 0 Å². The van der Waals surface area contributed by atoms with E-state index in [9.17, 15) is 0 Å². The first kappa shape index (κ1) is 13.5. The molecule has 0 amide bonds. The zero-order valence-corrected chi connectivity index (χ0v) is 12.7. The summed E-state index contributed by atoms with van der Waals surface area (Å²) < 4.78 is 1.88. The van der Waals surface area contributed by atoms with Crippen molar-refractivity contribution >= 4 is 22.3 Å². The third kappa shape index (κ3) is 2.32. The lowest BCUT2D eigenvalue weighted by Crippen LogP contribution is -2.13. The molecule has 0 bridgehead atoms. The van der Waals surface area contributed by atoms with Gasteiger partial charge in [-0.05, 0) is 12.1 Å². The van der Waals surface area contributed by atoms with Crippen molar-refractivity contribution in [2.45, 2.75) is 0 Å². The maximum atomic E-state index is 4.47. The van der Waals surface area contributed by atoms with Crippen LogP contribution in [0.2, 0.25) is 0 Å². The molecule has 0 radical (unpaired) electrons. The van der Waals surface area contributed by atoms with Crippen molar-refractivity contribution in [2.75, 3.05) is 11.9 Å². The monoisotopic (exact) mass is 301 g/mol. The summed E-state index contributed by atoms with van der Waals surface area (Å²) in [4.78, 5) is 6.14. The van der Waals surface area contributed by atoms with E-state index in [1.807, 2.05) is 53.0 Å². The highest BCUT2D eigenvalue weighted by atomic mass is 15.3. The van der Waals surface area contributed by atoms with E-state index in [4.69, 9.17) is 0 Å². The standard InChI is InChI=1S/C18H15N5/c1-22(14-7-3-2-4-8-14)17-15-9-5-6-10-16(15)18(21-20-17)23-12-11-19-13-23/h2-13H,1H3. The molecule has 23 heavy (non-hydrogen) atoms. The second-order valence-electron chi connectivity index (χ2n) is 5.26. The SMILES string of the molecule is CN(c1ccccc1)c1nnc(-n2ccnc2)c2ccccc12. The van der Waals surface area contributed by atoms with Gasteiger partial charge in [-0.15, -0.1) is 10.2 Å². The first-order valence-electron chi connectivity index (χ1n) is 7.37. The Bertz CT molecular complexity index is 932. The second kappa shape index (κ2) is 5.53. The highest BCUT2D eigenvalue weighted by molar-refractivity contribution is 5.97. The summed E-state index contributed by atoms with van der Waals surface area (Å²) in [7, 11) is 2.00. The number of aromatic nitrogens is 4. The smallest absolute Gasteiger partial charge is 0.168 e. The van der Waals surface area contributed by atoms with Gasteiger partial charge < -0.3 is 4.90 Å². The first-order chi connectivity index (χ1) is 11.3. The van der Waals surface area contributed by atoms with Crippen LogP contribution in [0, 0.1) is 0 Å². The summed E-state index contributed by atoms with van der Waals surface area (Å²) >= 11 is 0. The Kier molecular flexibility index (Phi) is 3.24. The lowest BCUT2D eigenvalue weighted by molar-refractivity contribution is 0.918. The Morgan fingerprint density at radius 3 is 2.35 bits per heavy atom. The molecule has 0 saturated carbocycles. The van der Waals surface area contributed by atoms with E-state index >= 15 is 0 Å². The Labute approximate surface area is 133 Å². The van der Waals surface area contributed by atoms with Crippen LogP contribution >= 0.6 is 0 Å². The Morgan fingerprint density at radius 2 is 1.61 bits per heavy atom. The summed E-state index contributed by atoms with van der Waals surface area (Å²) in [5.74, 6) is 1.61. The van der Waals surface area contributed by atoms with Crippen LogP contribution < -0.4 is 4.90 Å². The van der Waals surface area contributed by atoms with Gasteiger partial charge in [-0.1, -0.05) is 42.5 Å². The number of fused-ring (bicyclic) bond motifs is 1. The molecule has 0 spiro atoms. The van der Waals surface area contributed by atoms with Crippen LogP contribution in [0.25, 0.3) is 16.6 Å². The molecule has 2 aromatic carbocycles. The van der Waals surface area contributed by atoms with Crippen LogP contribution in [-0.4, -0.2) is 26.8 Å². The van der Waals surface area contributed by atoms with E-state index in [1.165, 1.54) is 0 Å². The quantitative estimate of drug-likeness (QED) is 0.580. The highest BCUT2D eigenvalue weighted by Crippen LogP contribution is 2.30. The van der Waals surface area contributed by atoms with Crippen LogP contribution in [-0.2, 0) is 0 Å². The molecule has 0 fully saturated rings. The molecule has 112 valence electrons. The maximum absolute atomic E-state index is 4.47. The van der Waals surface area contributed by atoms with Crippen molar-refractivity contribution in [3.8, 4) is 5.82 Å². The fourth-order valence-corrected chi connectivity index (χ4v) is 2.67. The number of para-hydroxylation sites is 1. The second-order valence-corrected chi connectivity index (χ2v) is 5.26. The number of imidazole rings is 1. The van der Waals surface area contributed by atoms with Gasteiger partial charge in [0.1, 0.15) is 6.33 Å². The van der Waals surface area contributed by atoms with Crippen LogP contribution in [0.3, 0.4) is 0 Å². The molecular formula is C18H15N5. The first-order valence-corrected chi connectivity index (χ1v) is 7.37. The molecule has 2 aromatic heterocycles. The van der Waals surface area contributed by atoms with Gasteiger partial charge in [0.05, 0.1) is 0 Å². The fourth-order valence-electron chi connectivity index (χ4n) is 2.67. The number of hydrogen-bond donors (Lipinski definition) is 0. The van der Waals surface area contributed by atoms with Gasteiger partial charge in [0, 0.05) is 35.9 Å². The maximum Gasteiger partial charge on any atom is 0.168 e. The van der Waals surface area contributed by atoms with Crippen molar-refractivity contribution in [2.24, 2.45) is 0 Å². The van der Waals surface area contributed by atoms with Crippen LogP contribution in [0.15, 0.2) is 73.3 Å². The van der Waals surface area contributed by atoms with Gasteiger partial charge in [0.25, 0.3) is 0 Å². The van der Waals surface area contributed by atoms with Gasteiger partial charge >= 0.3 is 0 Å². The molecule has 0 aliphatic carbocycles. The zero-order chi connectivity index (χ0) is 15.6. The van der Waals surface area contributed by atoms with E-state index in [0.717, 1.165) is 28.1 Å². The lowest BCUT2D eigenvalue weighted by Gasteiger charge is -2.20. The van der Waals surface area contributed by atoms with Crippen molar-refractivity contribution in [3.05, 3.63) is 73.3 Å². The van der Waals surface area contributed by atoms with Crippen molar-refractivity contribution in [3.63, 3.8) is 0 Å². The van der Waals surface area contributed by atoms with E-state index in [2.05, 4.69) is 39.4 Å². The Hall–Kier alpha value is -3.21. The summed E-state index contributed by atoms with van der Waals surface area (Å²) in [5.41, 5.74) is 1.07. The van der Waals surface area contributed by atoms with Crippen molar-refractivity contribution < 1.29 is 0 Å². The fraction of sp³-hybridized carbons (Fsp3) is 0.0556. The Balaban J connectivity index is 1.91. The lowest BCUT2D eigenvalue weighted by atomic mass is 10.1. The van der Waals surface area contributed by atoms with Crippen LogP contribution in [0.1, 0.15) is 0 Å². The molecule has 0 atom stereocenters. The average Bonchev–Trinajstić information content (AvgIpc) is 3.15. The zero-order valence-electron chi connectivity index (χ0n) is 12.7. The summed E-state index contributed by atoms with van der Waals surface area (Å²) in [6.07, 6.45) is 5.34. The molecule has 2 heterocycles. The van der Waals surface area contributed by atoms with Crippen molar-refractivity contribution in [1.82, 2.24) is 19.7 Å². The molecule has 4 aromatic rings. The molecule has 0 unspecified atom stereocenters. The number of hydrogen-bond acceptors (Lipinski definition) is 4. The van der Waals surface area contributed by atoms with Crippen molar-refractivity contribution in [1.29, 1.82) is 0 Å². The molecule has 0 aliphatic heterocycles. The summed E-state index contributed by atoms with van der Waals surface area (Å²) in [6.45, 7) is 0. The van der Waals surface area contributed by atoms with E-state index in [-0.39, 0.29) is 0 Å². The van der Waals surface area contributed by atoms with E-state index in [0.29, 0.717) is 0 Å². The van der Waals surface area contributed by atoms with Crippen LogP contribution in [0.5, 0.6) is 0 Å². The van der Waals surface area contributed by atoms with Gasteiger partial charge in [0.15, 0.2) is 11.6 Å². The third-order valence-electron chi connectivity index (χ3n) is 3.86. The molecule has 0 aliphatic rings. The molecule has 5 heteroatoms. The average molecular weight is 301 g/mol. The molecule has 5 nitrogen and oxygen atoms in total. The number of benzene rings is 2. The predicted molar refractivity (Wildman–Crippen MR) is 91.2 cm³/mol. The summed E-state index contributed by atoms with van der Waals surface area (Å²) in [5, 5.41) is 11.0. The summed E-state index contributed by atoms with van der Waals surface area (Å²) in [6, 6.07) is 18.3. The third-order valence-corrected chi connectivity index (χ3v) is 3.86. The highest BCUT2D eigenvalue weighted by Gasteiger charge is 2.14. The molecular weight excluding hydrogens is 286 g/mol. The minimum Gasteiger partial charge on any atom is -0.327 e. The predicted octanol–water partition coefficient (Wildman–Crippen LogP) is 3.58. The minimum absolute atomic E-state index is 0.781. The van der Waals surface area contributed by atoms with Gasteiger partial charge in [0.2, 0.25) is 0 Å². The molecule has 0 saturated heterocycles. The number of nitrogens with zero attached hydrogens (tertiary/aromatic N) is 5.